The number of aryl methyl sites for hydroxylation is 1. The number of hydrogen-bond acceptors (Lipinski definition) is 6. The SMILES string of the molecule is CCNC(=O)c1nc2c(N3CCC(n4c(=O)[nH]c5ccccc54)CC3)ncnc2n1C. The van der Waals surface area contributed by atoms with Crippen LogP contribution >= 0.6 is 0 Å². The molecule has 1 amide bonds. The number of benzene rings is 1. The minimum atomic E-state index is -0.230. The van der Waals surface area contributed by atoms with Crippen LogP contribution in [0, 0.1) is 0 Å². The first kappa shape index (κ1) is 19.3. The van der Waals surface area contributed by atoms with Crippen LogP contribution in [0.3, 0.4) is 0 Å². The van der Waals surface area contributed by atoms with Gasteiger partial charge in [-0.2, -0.15) is 0 Å². The Morgan fingerprint density at radius 1 is 1.23 bits per heavy atom. The van der Waals surface area contributed by atoms with Gasteiger partial charge in [-0.15, -0.1) is 0 Å². The van der Waals surface area contributed by atoms with Crippen LogP contribution in [0.25, 0.3) is 22.2 Å². The lowest BCUT2D eigenvalue weighted by atomic mass is 10.0. The second-order valence-electron chi connectivity index (χ2n) is 7.76. The number of aromatic nitrogens is 6. The summed E-state index contributed by atoms with van der Waals surface area (Å²) >= 11 is 0. The molecule has 0 aliphatic carbocycles. The van der Waals surface area contributed by atoms with Crippen molar-refractivity contribution in [1.82, 2.24) is 34.4 Å². The first-order valence-electron chi connectivity index (χ1n) is 10.5. The summed E-state index contributed by atoms with van der Waals surface area (Å²) in [7, 11) is 1.78. The summed E-state index contributed by atoms with van der Waals surface area (Å²) in [4.78, 5) is 43.4. The van der Waals surface area contributed by atoms with Gasteiger partial charge in [-0.25, -0.2) is 19.7 Å². The Balaban J connectivity index is 1.43. The Morgan fingerprint density at radius 2 is 2.00 bits per heavy atom. The molecule has 5 rings (SSSR count). The third kappa shape index (κ3) is 3.15. The van der Waals surface area contributed by atoms with Crippen LogP contribution in [-0.4, -0.2) is 54.6 Å². The van der Waals surface area contributed by atoms with Gasteiger partial charge in [0.2, 0.25) is 5.82 Å². The maximum atomic E-state index is 12.5. The molecule has 4 heterocycles. The number of hydrogen-bond donors (Lipinski definition) is 2. The molecular formula is C21H24N8O2. The number of imidazole rings is 2. The standard InChI is InChI=1S/C21H24N8O2/c1-3-22-20(30)19-26-16-17(27(19)2)23-12-24-18(16)28-10-8-13(9-11-28)29-15-7-5-4-6-14(15)25-21(29)31/h4-7,12-13H,3,8-11H2,1-2H3,(H,22,30)(H,25,31). The van der Waals surface area contributed by atoms with Crippen molar-refractivity contribution in [1.29, 1.82) is 0 Å². The van der Waals surface area contributed by atoms with E-state index in [0.717, 1.165) is 42.8 Å². The van der Waals surface area contributed by atoms with Crippen molar-refractivity contribution < 1.29 is 4.79 Å². The summed E-state index contributed by atoms with van der Waals surface area (Å²) < 4.78 is 3.57. The van der Waals surface area contributed by atoms with E-state index >= 15 is 0 Å². The molecule has 3 aromatic heterocycles. The number of anilines is 1. The number of amides is 1. The van der Waals surface area contributed by atoms with Crippen LogP contribution in [0.4, 0.5) is 5.82 Å². The van der Waals surface area contributed by atoms with Gasteiger partial charge >= 0.3 is 5.69 Å². The zero-order valence-electron chi connectivity index (χ0n) is 17.5. The lowest BCUT2D eigenvalue weighted by molar-refractivity contribution is 0.0943. The lowest BCUT2D eigenvalue weighted by Crippen LogP contribution is -2.37. The molecule has 0 spiro atoms. The van der Waals surface area contributed by atoms with Crippen LogP contribution in [0.15, 0.2) is 35.4 Å². The molecular weight excluding hydrogens is 396 g/mol. The highest BCUT2D eigenvalue weighted by molar-refractivity contribution is 5.96. The van der Waals surface area contributed by atoms with Gasteiger partial charge in [0.25, 0.3) is 5.91 Å². The highest BCUT2D eigenvalue weighted by Gasteiger charge is 2.27. The number of H-pyrrole nitrogens is 1. The second kappa shape index (κ2) is 7.53. The van der Waals surface area contributed by atoms with Crippen molar-refractivity contribution in [3.05, 3.63) is 46.9 Å². The Kier molecular flexibility index (Phi) is 4.68. The van der Waals surface area contributed by atoms with E-state index in [-0.39, 0.29) is 17.6 Å². The average molecular weight is 420 g/mol. The number of para-hydroxylation sites is 2. The van der Waals surface area contributed by atoms with Gasteiger partial charge in [0.05, 0.1) is 11.0 Å². The predicted octanol–water partition coefficient (Wildman–Crippen LogP) is 1.60. The molecule has 1 saturated heterocycles. The summed E-state index contributed by atoms with van der Waals surface area (Å²) in [5.41, 5.74) is 2.97. The molecule has 31 heavy (non-hydrogen) atoms. The number of carbonyl (C=O) groups is 1. The topological polar surface area (TPSA) is 114 Å². The van der Waals surface area contributed by atoms with Crippen molar-refractivity contribution in [3.63, 3.8) is 0 Å². The maximum Gasteiger partial charge on any atom is 0.326 e. The van der Waals surface area contributed by atoms with Crippen molar-refractivity contribution in [2.24, 2.45) is 7.05 Å². The van der Waals surface area contributed by atoms with Gasteiger partial charge in [-0.3, -0.25) is 9.36 Å². The fraction of sp³-hybridized carbons (Fsp3) is 0.381. The van der Waals surface area contributed by atoms with Crippen molar-refractivity contribution >= 4 is 33.9 Å². The van der Waals surface area contributed by atoms with E-state index in [4.69, 9.17) is 0 Å². The molecule has 4 aromatic rings. The van der Waals surface area contributed by atoms with Gasteiger partial charge in [0.15, 0.2) is 17.0 Å². The third-order valence-corrected chi connectivity index (χ3v) is 5.93. The van der Waals surface area contributed by atoms with Gasteiger partial charge in [0.1, 0.15) is 6.33 Å². The number of nitrogens with one attached hydrogen (secondary N) is 2. The summed E-state index contributed by atoms with van der Waals surface area (Å²) in [6.07, 6.45) is 3.13. The lowest BCUT2D eigenvalue weighted by Gasteiger charge is -2.33. The van der Waals surface area contributed by atoms with Crippen LogP contribution in [0.2, 0.25) is 0 Å². The first-order chi connectivity index (χ1) is 15.1. The number of rotatable bonds is 4. The Labute approximate surface area is 177 Å². The van der Waals surface area contributed by atoms with E-state index in [1.54, 1.807) is 11.6 Å². The molecule has 1 aliphatic heterocycles. The molecule has 10 nitrogen and oxygen atoms in total. The van der Waals surface area contributed by atoms with Crippen LogP contribution < -0.4 is 15.9 Å². The van der Waals surface area contributed by atoms with Gasteiger partial charge in [-0.1, -0.05) is 12.1 Å². The van der Waals surface area contributed by atoms with E-state index in [1.807, 2.05) is 35.8 Å². The zero-order valence-corrected chi connectivity index (χ0v) is 17.5. The van der Waals surface area contributed by atoms with Crippen molar-refractivity contribution in [2.45, 2.75) is 25.8 Å². The smallest absolute Gasteiger partial charge is 0.326 e. The van der Waals surface area contributed by atoms with E-state index in [0.29, 0.717) is 23.5 Å². The van der Waals surface area contributed by atoms with Crippen LogP contribution in [0.1, 0.15) is 36.4 Å². The molecule has 160 valence electrons. The minimum absolute atomic E-state index is 0.0691. The number of nitrogens with zero attached hydrogens (tertiary/aromatic N) is 6. The fourth-order valence-electron chi connectivity index (χ4n) is 4.43. The largest absolute Gasteiger partial charge is 0.355 e. The summed E-state index contributed by atoms with van der Waals surface area (Å²) in [6, 6.07) is 7.89. The van der Waals surface area contributed by atoms with Crippen LogP contribution in [0.5, 0.6) is 0 Å². The van der Waals surface area contributed by atoms with Crippen LogP contribution in [-0.2, 0) is 7.05 Å². The molecule has 2 N–H and O–H groups in total. The van der Waals surface area contributed by atoms with E-state index in [1.165, 1.54) is 6.33 Å². The number of fused-ring (bicyclic) bond motifs is 2. The molecule has 1 aliphatic rings. The maximum absolute atomic E-state index is 12.5. The summed E-state index contributed by atoms with van der Waals surface area (Å²) in [5, 5.41) is 2.78. The van der Waals surface area contributed by atoms with Gasteiger partial charge in [-0.05, 0) is 31.9 Å². The molecule has 0 atom stereocenters. The van der Waals surface area contributed by atoms with Crippen molar-refractivity contribution in [2.75, 3.05) is 24.5 Å². The zero-order chi connectivity index (χ0) is 21.5. The Hall–Kier alpha value is -3.69. The quantitative estimate of drug-likeness (QED) is 0.518. The fourth-order valence-corrected chi connectivity index (χ4v) is 4.43. The number of piperidine rings is 1. The van der Waals surface area contributed by atoms with E-state index in [2.05, 4.69) is 30.2 Å². The average Bonchev–Trinajstić information content (AvgIpc) is 3.30. The van der Waals surface area contributed by atoms with E-state index < -0.39 is 0 Å². The first-order valence-corrected chi connectivity index (χ1v) is 10.5. The highest BCUT2D eigenvalue weighted by Crippen LogP contribution is 2.30. The van der Waals surface area contributed by atoms with E-state index in [9.17, 15) is 9.59 Å². The molecule has 0 bridgehead atoms. The predicted molar refractivity (Wildman–Crippen MR) is 117 cm³/mol. The third-order valence-electron chi connectivity index (χ3n) is 5.93. The number of carbonyl (C=O) groups excluding carboxylic acids is 1. The van der Waals surface area contributed by atoms with Gasteiger partial charge in [0, 0.05) is 32.7 Å². The van der Waals surface area contributed by atoms with Crippen molar-refractivity contribution in [3.8, 4) is 0 Å². The molecule has 1 fully saturated rings. The second-order valence-corrected chi connectivity index (χ2v) is 7.76. The number of aromatic amines is 1. The normalized spacial score (nSPS) is 15.1. The Morgan fingerprint density at radius 3 is 2.77 bits per heavy atom. The molecule has 0 unspecified atom stereocenters. The molecule has 0 saturated carbocycles. The minimum Gasteiger partial charge on any atom is -0.355 e. The molecule has 1 aromatic carbocycles. The highest BCUT2D eigenvalue weighted by atomic mass is 16.2. The molecule has 0 radical (unpaired) electrons. The monoisotopic (exact) mass is 420 g/mol. The van der Waals surface area contributed by atoms with Gasteiger partial charge < -0.3 is 19.8 Å². The molecule has 10 heteroatoms. The summed E-state index contributed by atoms with van der Waals surface area (Å²) in [6.45, 7) is 3.86. The summed E-state index contributed by atoms with van der Waals surface area (Å²) in [5.74, 6) is 0.811. The Bertz CT molecular complexity index is 1330.